The van der Waals surface area contributed by atoms with E-state index in [1.54, 1.807) is 0 Å². The lowest BCUT2D eigenvalue weighted by Crippen LogP contribution is -2.34. The van der Waals surface area contributed by atoms with Crippen molar-refractivity contribution in [1.29, 1.82) is 0 Å². The molecule has 2 heteroatoms. The normalized spacial score (nSPS) is 21.4. The van der Waals surface area contributed by atoms with E-state index < -0.39 is 0 Å². The second-order valence-corrected chi connectivity index (χ2v) is 6.64. The quantitative estimate of drug-likeness (QED) is 0.792. The summed E-state index contributed by atoms with van der Waals surface area (Å²) in [5, 5.41) is 3.67. The smallest absolute Gasteiger partial charge is 0.0348 e. The summed E-state index contributed by atoms with van der Waals surface area (Å²) in [5.74, 6) is 0.728. The Morgan fingerprint density at radius 1 is 1.00 bits per heavy atom. The van der Waals surface area contributed by atoms with E-state index in [0.717, 1.165) is 5.92 Å². The van der Waals surface area contributed by atoms with Crippen LogP contribution in [0.5, 0.6) is 0 Å². The monoisotopic (exact) mass is 329 g/mol. The minimum atomic E-state index is 0.611. The zero-order valence-corrected chi connectivity index (χ0v) is 13.6. The van der Waals surface area contributed by atoms with Crippen LogP contribution in [0.25, 0.3) is 0 Å². The summed E-state index contributed by atoms with van der Waals surface area (Å²) < 4.78 is 1.22. The highest BCUT2D eigenvalue weighted by atomic mass is 79.9. The predicted octanol–water partition coefficient (Wildman–Crippen LogP) is 5.42. The molecule has 20 heavy (non-hydrogen) atoms. The summed E-state index contributed by atoms with van der Waals surface area (Å²) in [7, 11) is 0. The fourth-order valence-corrected chi connectivity index (χ4v) is 3.23. The Hall–Kier alpha value is -1.28. The van der Waals surface area contributed by atoms with Gasteiger partial charge in [0, 0.05) is 16.2 Å². The maximum Gasteiger partial charge on any atom is 0.0348 e. The standard InChI is InChI=1S/C18H20BrN/c1-12-8-16(9-13(2)18(12)19)20-17-10-15(11-17)14-6-4-3-5-7-14/h3-9,15,17,20H,10-11H2,1-2H3. The second-order valence-electron chi connectivity index (χ2n) is 5.84. The molecule has 0 unspecified atom stereocenters. The van der Waals surface area contributed by atoms with Crippen LogP contribution in [0.15, 0.2) is 46.9 Å². The Balaban J connectivity index is 1.62. The number of anilines is 1. The van der Waals surface area contributed by atoms with Crippen molar-refractivity contribution in [2.75, 3.05) is 5.32 Å². The predicted molar refractivity (Wildman–Crippen MR) is 89.4 cm³/mol. The van der Waals surface area contributed by atoms with Crippen molar-refractivity contribution >= 4 is 21.6 Å². The first-order valence-electron chi connectivity index (χ1n) is 7.21. The highest BCUT2D eigenvalue weighted by molar-refractivity contribution is 9.10. The first-order valence-corrected chi connectivity index (χ1v) is 8.01. The molecule has 1 fully saturated rings. The number of hydrogen-bond acceptors (Lipinski definition) is 1. The third-order valence-corrected chi connectivity index (χ3v) is 5.47. The minimum absolute atomic E-state index is 0.611. The van der Waals surface area contributed by atoms with Crippen molar-refractivity contribution in [2.45, 2.75) is 38.6 Å². The van der Waals surface area contributed by atoms with Gasteiger partial charge in [-0.25, -0.2) is 0 Å². The molecule has 2 aromatic rings. The van der Waals surface area contributed by atoms with Gasteiger partial charge in [0.1, 0.15) is 0 Å². The van der Waals surface area contributed by atoms with Crippen LogP contribution in [0.3, 0.4) is 0 Å². The van der Waals surface area contributed by atoms with Crippen LogP contribution in [0.1, 0.15) is 35.4 Å². The van der Waals surface area contributed by atoms with E-state index in [9.17, 15) is 0 Å². The molecule has 1 saturated carbocycles. The topological polar surface area (TPSA) is 12.0 Å². The van der Waals surface area contributed by atoms with Gasteiger partial charge in [-0.1, -0.05) is 46.3 Å². The van der Waals surface area contributed by atoms with E-state index >= 15 is 0 Å². The number of nitrogens with one attached hydrogen (secondary N) is 1. The van der Waals surface area contributed by atoms with Gasteiger partial charge >= 0.3 is 0 Å². The maximum atomic E-state index is 3.67. The van der Waals surface area contributed by atoms with Gasteiger partial charge in [0.05, 0.1) is 0 Å². The first-order chi connectivity index (χ1) is 9.63. The SMILES string of the molecule is Cc1cc(NC2CC(c3ccccc3)C2)cc(C)c1Br. The molecule has 0 amide bonds. The molecule has 1 aliphatic rings. The fraction of sp³-hybridized carbons (Fsp3) is 0.333. The summed E-state index contributed by atoms with van der Waals surface area (Å²) >= 11 is 3.62. The Bertz CT molecular complexity index is 577. The summed E-state index contributed by atoms with van der Waals surface area (Å²) in [6.07, 6.45) is 2.47. The lowest BCUT2D eigenvalue weighted by Gasteiger charge is -2.37. The van der Waals surface area contributed by atoms with Crippen molar-refractivity contribution < 1.29 is 0 Å². The van der Waals surface area contributed by atoms with Crippen LogP contribution in [0, 0.1) is 13.8 Å². The molecule has 1 nitrogen and oxygen atoms in total. The molecule has 2 aromatic carbocycles. The molecule has 0 aromatic heterocycles. The van der Waals surface area contributed by atoms with Gasteiger partial charge in [0.25, 0.3) is 0 Å². The Morgan fingerprint density at radius 3 is 2.20 bits per heavy atom. The molecule has 104 valence electrons. The minimum Gasteiger partial charge on any atom is -0.382 e. The van der Waals surface area contributed by atoms with E-state index in [2.05, 4.69) is 77.6 Å². The van der Waals surface area contributed by atoms with Crippen LogP contribution >= 0.6 is 15.9 Å². The molecule has 0 heterocycles. The molecular weight excluding hydrogens is 310 g/mol. The lowest BCUT2D eigenvalue weighted by atomic mass is 9.76. The van der Waals surface area contributed by atoms with Crippen molar-refractivity contribution in [3.8, 4) is 0 Å². The largest absolute Gasteiger partial charge is 0.382 e. The van der Waals surface area contributed by atoms with Crippen LogP contribution in [-0.4, -0.2) is 6.04 Å². The van der Waals surface area contributed by atoms with Crippen molar-refractivity contribution in [3.63, 3.8) is 0 Å². The van der Waals surface area contributed by atoms with E-state index in [0.29, 0.717) is 6.04 Å². The Morgan fingerprint density at radius 2 is 1.60 bits per heavy atom. The fourth-order valence-electron chi connectivity index (χ4n) is 3.00. The van der Waals surface area contributed by atoms with Gasteiger partial charge in [-0.15, -0.1) is 0 Å². The van der Waals surface area contributed by atoms with Gasteiger partial charge in [-0.05, 0) is 61.4 Å². The van der Waals surface area contributed by atoms with Crippen LogP contribution in [0.2, 0.25) is 0 Å². The van der Waals surface area contributed by atoms with Crippen molar-refractivity contribution in [3.05, 3.63) is 63.6 Å². The number of benzene rings is 2. The summed E-state index contributed by atoms with van der Waals surface area (Å²) in [5.41, 5.74) is 5.33. The average molecular weight is 330 g/mol. The van der Waals surface area contributed by atoms with E-state index in [-0.39, 0.29) is 0 Å². The molecule has 0 saturated heterocycles. The zero-order valence-electron chi connectivity index (χ0n) is 12.0. The van der Waals surface area contributed by atoms with E-state index in [4.69, 9.17) is 0 Å². The first kappa shape index (κ1) is 13.7. The molecule has 0 radical (unpaired) electrons. The third kappa shape index (κ3) is 2.76. The molecule has 0 spiro atoms. The number of hydrogen-bond donors (Lipinski definition) is 1. The van der Waals surface area contributed by atoms with Gasteiger partial charge in [-0.3, -0.25) is 0 Å². The molecule has 1 aliphatic carbocycles. The zero-order chi connectivity index (χ0) is 14.1. The Kier molecular flexibility index (Phi) is 3.84. The average Bonchev–Trinajstić information content (AvgIpc) is 2.40. The number of halogens is 1. The number of rotatable bonds is 3. The molecule has 0 aliphatic heterocycles. The van der Waals surface area contributed by atoms with Crippen molar-refractivity contribution in [1.82, 2.24) is 0 Å². The molecule has 0 atom stereocenters. The third-order valence-electron chi connectivity index (χ3n) is 4.22. The second kappa shape index (κ2) is 5.61. The van der Waals surface area contributed by atoms with Gasteiger partial charge in [0.15, 0.2) is 0 Å². The summed E-state index contributed by atoms with van der Waals surface area (Å²) in [6, 6.07) is 15.9. The summed E-state index contributed by atoms with van der Waals surface area (Å²) in [6.45, 7) is 4.30. The highest BCUT2D eigenvalue weighted by Gasteiger charge is 2.30. The Labute approximate surface area is 129 Å². The van der Waals surface area contributed by atoms with E-state index in [1.807, 2.05) is 0 Å². The molecule has 3 rings (SSSR count). The molecule has 1 N–H and O–H groups in total. The number of aryl methyl sites for hydroxylation is 2. The van der Waals surface area contributed by atoms with Crippen LogP contribution in [0.4, 0.5) is 5.69 Å². The maximum absolute atomic E-state index is 3.67. The molecule has 0 bridgehead atoms. The van der Waals surface area contributed by atoms with Gasteiger partial charge in [0.2, 0.25) is 0 Å². The van der Waals surface area contributed by atoms with Gasteiger partial charge in [-0.2, -0.15) is 0 Å². The van der Waals surface area contributed by atoms with Crippen LogP contribution < -0.4 is 5.32 Å². The summed E-state index contributed by atoms with van der Waals surface area (Å²) in [4.78, 5) is 0. The molecular formula is C18H20BrN. The highest BCUT2D eigenvalue weighted by Crippen LogP contribution is 2.38. The van der Waals surface area contributed by atoms with E-state index in [1.165, 1.54) is 39.7 Å². The lowest BCUT2D eigenvalue weighted by molar-refractivity contribution is 0.374. The van der Waals surface area contributed by atoms with Crippen molar-refractivity contribution in [2.24, 2.45) is 0 Å². The van der Waals surface area contributed by atoms with Crippen LogP contribution in [-0.2, 0) is 0 Å². The van der Waals surface area contributed by atoms with Gasteiger partial charge < -0.3 is 5.32 Å².